The van der Waals surface area contributed by atoms with Gasteiger partial charge in [0, 0.05) is 24.2 Å². The molecule has 3 nitrogen and oxygen atoms in total. The predicted octanol–water partition coefficient (Wildman–Crippen LogP) is 3.15. The largest absolute Gasteiger partial charge is 0.339 e. The Hall–Kier alpha value is -1.64. The van der Waals surface area contributed by atoms with Gasteiger partial charge in [0.2, 0.25) is 0 Å². The summed E-state index contributed by atoms with van der Waals surface area (Å²) in [5, 5.41) is 0. The Balaban J connectivity index is 2.93. The van der Waals surface area contributed by atoms with Crippen LogP contribution in [0.3, 0.4) is 0 Å². The lowest BCUT2D eigenvalue weighted by atomic mass is 10.1. The maximum atomic E-state index is 12.3. The normalized spacial score (nSPS) is 10.2. The molecule has 0 atom stereocenters. The Morgan fingerprint density at radius 2 is 1.61 bits per heavy atom. The van der Waals surface area contributed by atoms with Crippen molar-refractivity contribution < 1.29 is 9.59 Å². The summed E-state index contributed by atoms with van der Waals surface area (Å²) in [5.74, 6) is 0.00369. The van der Waals surface area contributed by atoms with E-state index in [9.17, 15) is 9.59 Å². The average Bonchev–Trinajstić information content (AvgIpc) is 2.38. The SMILES string of the molecule is CCCN(CCC)C(=O)c1cccc(C(C)=O)c1. The quantitative estimate of drug-likeness (QED) is 0.724. The molecule has 0 aliphatic rings. The van der Waals surface area contributed by atoms with Crippen LogP contribution in [-0.2, 0) is 0 Å². The molecule has 1 aromatic rings. The summed E-state index contributed by atoms with van der Waals surface area (Å²) in [7, 11) is 0. The number of benzene rings is 1. The first kappa shape index (κ1) is 14.4. The Morgan fingerprint density at radius 3 is 2.11 bits per heavy atom. The third-order valence-electron chi connectivity index (χ3n) is 2.79. The molecule has 0 aromatic heterocycles. The number of Topliss-reactive ketones (excluding diaryl/α,β-unsaturated/α-hetero) is 1. The molecular formula is C15H21NO2. The Bertz CT molecular complexity index is 420. The lowest BCUT2D eigenvalue weighted by Crippen LogP contribution is -2.32. The van der Waals surface area contributed by atoms with Crippen LogP contribution < -0.4 is 0 Å². The van der Waals surface area contributed by atoms with Gasteiger partial charge in [-0.25, -0.2) is 0 Å². The molecule has 3 heteroatoms. The third-order valence-corrected chi connectivity index (χ3v) is 2.79. The summed E-state index contributed by atoms with van der Waals surface area (Å²) in [4.78, 5) is 25.5. The molecule has 1 aromatic carbocycles. The summed E-state index contributed by atoms with van der Waals surface area (Å²) in [5.41, 5.74) is 1.19. The van der Waals surface area contributed by atoms with Crippen molar-refractivity contribution in [2.45, 2.75) is 33.6 Å². The van der Waals surface area contributed by atoms with Crippen LogP contribution in [0, 0.1) is 0 Å². The van der Waals surface area contributed by atoms with Gasteiger partial charge >= 0.3 is 0 Å². The zero-order chi connectivity index (χ0) is 13.5. The van der Waals surface area contributed by atoms with Gasteiger partial charge in [-0.05, 0) is 31.9 Å². The monoisotopic (exact) mass is 247 g/mol. The Labute approximate surface area is 109 Å². The molecule has 1 amide bonds. The van der Waals surface area contributed by atoms with Gasteiger partial charge < -0.3 is 4.90 Å². The van der Waals surface area contributed by atoms with Crippen molar-refractivity contribution in [3.05, 3.63) is 35.4 Å². The number of rotatable bonds is 6. The van der Waals surface area contributed by atoms with Crippen molar-refractivity contribution >= 4 is 11.7 Å². The van der Waals surface area contributed by atoms with E-state index in [0.717, 1.165) is 25.9 Å². The molecule has 0 unspecified atom stereocenters. The van der Waals surface area contributed by atoms with Gasteiger partial charge in [0.1, 0.15) is 0 Å². The standard InChI is InChI=1S/C15H21NO2/c1-4-9-16(10-5-2)15(18)14-8-6-7-13(11-14)12(3)17/h6-8,11H,4-5,9-10H2,1-3H3. The van der Waals surface area contributed by atoms with Crippen molar-refractivity contribution in [2.24, 2.45) is 0 Å². The van der Waals surface area contributed by atoms with E-state index in [0.29, 0.717) is 11.1 Å². The second-order valence-electron chi connectivity index (χ2n) is 4.43. The zero-order valence-electron chi connectivity index (χ0n) is 11.4. The first-order valence-corrected chi connectivity index (χ1v) is 6.50. The molecule has 18 heavy (non-hydrogen) atoms. The number of amides is 1. The number of ketones is 1. The molecule has 98 valence electrons. The van der Waals surface area contributed by atoms with E-state index in [1.54, 1.807) is 24.3 Å². The molecule has 0 N–H and O–H groups in total. The first-order valence-electron chi connectivity index (χ1n) is 6.50. The van der Waals surface area contributed by atoms with Gasteiger partial charge in [-0.15, -0.1) is 0 Å². The van der Waals surface area contributed by atoms with Crippen LogP contribution in [0.1, 0.15) is 54.3 Å². The number of hydrogen-bond acceptors (Lipinski definition) is 2. The number of hydrogen-bond donors (Lipinski definition) is 0. The summed E-state index contributed by atoms with van der Waals surface area (Å²) in [6.07, 6.45) is 1.89. The zero-order valence-corrected chi connectivity index (χ0v) is 11.4. The second-order valence-corrected chi connectivity index (χ2v) is 4.43. The van der Waals surface area contributed by atoms with E-state index >= 15 is 0 Å². The van der Waals surface area contributed by atoms with Crippen LogP contribution in [0.5, 0.6) is 0 Å². The molecule has 0 aliphatic heterocycles. The lowest BCUT2D eigenvalue weighted by Gasteiger charge is -2.21. The third kappa shape index (κ3) is 3.69. The highest BCUT2D eigenvalue weighted by molar-refractivity contribution is 5.99. The van der Waals surface area contributed by atoms with Crippen molar-refractivity contribution in [3.8, 4) is 0 Å². The van der Waals surface area contributed by atoms with Gasteiger partial charge in [0.15, 0.2) is 5.78 Å². The summed E-state index contributed by atoms with van der Waals surface area (Å²) in [6, 6.07) is 6.96. The van der Waals surface area contributed by atoms with Gasteiger partial charge in [0.05, 0.1) is 0 Å². The molecule has 0 saturated heterocycles. The molecule has 0 aliphatic carbocycles. The number of nitrogens with zero attached hydrogens (tertiary/aromatic N) is 1. The Kier molecular flexibility index (Phi) is 5.56. The van der Waals surface area contributed by atoms with Crippen LogP contribution in [0.4, 0.5) is 0 Å². The van der Waals surface area contributed by atoms with Crippen molar-refractivity contribution in [2.75, 3.05) is 13.1 Å². The maximum absolute atomic E-state index is 12.3. The fourth-order valence-corrected chi connectivity index (χ4v) is 1.91. The number of carbonyl (C=O) groups excluding carboxylic acids is 2. The van der Waals surface area contributed by atoms with E-state index in [2.05, 4.69) is 13.8 Å². The Morgan fingerprint density at radius 1 is 1.06 bits per heavy atom. The highest BCUT2D eigenvalue weighted by Gasteiger charge is 2.14. The van der Waals surface area contributed by atoms with Crippen LogP contribution >= 0.6 is 0 Å². The van der Waals surface area contributed by atoms with E-state index < -0.39 is 0 Å². The molecule has 0 fully saturated rings. The topological polar surface area (TPSA) is 37.4 Å². The number of carbonyl (C=O) groups is 2. The molecule has 1 rings (SSSR count). The lowest BCUT2D eigenvalue weighted by molar-refractivity contribution is 0.0755. The van der Waals surface area contributed by atoms with Gasteiger partial charge in [-0.1, -0.05) is 26.0 Å². The van der Waals surface area contributed by atoms with Crippen LogP contribution in [0.25, 0.3) is 0 Å². The highest BCUT2D eigenvalue weighted by atomic mass is 16.2. The minimum absolute atomic E-state index is 0.0119. The molecule has 0 bridgehead atoms. The van der Waals surface area contributed by atoms with E-state index in [1.807, 2.05) is 4.90 Å². The first-order chi connectivity index (χ1) is 8.60. The molecular weight excluding hydrogens is 226 g/mol. The van der Waals surface area contributed by atoms with Crippen molar-refractivity contribution in [1.29, 1.82) is 0 Å². The van der Waals surface area contributed by atoms with Crippen LogP contribution in [-0.4, -0.2) is 29.7 Å². The summed E-state index contributed by atoms with van der Waals surface area (Å²) >= 11 is 0. The minimum Gasteiger partial charge on any atom is -0.339 e. The van der Waals surface area contributed by atoms with E-state index in [-0.39, 0.29) is 11.7 Å². The molecule has 0 radical (unpaired) electrons. The van der Waals surface area contributed by atoms with Crippen molar-refractivity contribution in [3.63, 3.8) is 0 Å². The molecule has 0 heterocycles. The van der Waals surface area contributed by atoms with Crippen LogP contribution in [0.2, 0.25) is 0 Å². The highest BCUT2D eigenvalue weighted by Crippen LogP contribution is 2.10. The fourth-order valence-electron chi connectivity index (χ4n) is 1.91. The smallest absolute Gasteiger partial charge is 0.253 e. The van der Waals surface area contributed by atoms with Gasteiger partial charge in [-0.3, -0.25) is 9.59 Å². The predicted molar refractivity (Wildman–Crippen MR) is 72.9 cm³/mol. The minimum atomic E-state index is -0.0119. The fraction of sp³-hybridized carbons (Fsp3) is 0.467. The van der Waals surface area contributed by atoms with E-state index in [4.69, 9.17) is 0 Å². The molecule has 0 saturated carbocycles. The van der Waals surface area contributed by atoms with Gasteiger partial charge in [0.25, 0.3) is 5.91 Å². The van der Waals surface area contributed by atoms with Gasteiger partial charge in [-0.2, -0.15) is 0 Å². The summed E-state index contributed by atoms with van der Waals surface area (Å²) < 4.78 is 0. The van der Waals surface area contributed by atoms with Crippen molar-refractivity contribution in [1.82, 2.24) is 4.90 Å². The maximum Gasteiger partial charge on any atom is 0.253 e. The second kappa shape index (κ2) is 6.94. The van der Waals surface area contributed by atoms with E-state index in [1.165, 1.54) is 6.92 Å². The molecule has 0 spiro atoms. The van der Waals surface area contributed by atoms with Crippen LogP contribution in [0.15, 0.2) is 24.3 Å². The summed E-state index contributed by atoms with van der Waals surface area (Å²) in [6.45, 7) is 7.15. The average molecular weight is 247 g/mol.